The van der Waals surface area contributed by atoms with Gasteiger partial charge in [-0.2, -0.15) is 0 Å². The minimum atomic E-state index is -1.43. The maximum absolute atomic E-state index is 12.7. The third-order valence-corrected chi connectivity index (χ3v) is 6.82. The molecule has 0 fully saturated rings. The molecule has 4 aromatic carbocycles. The van der Waals surface area contributed by atoms with Gasteiger partial charge in [0.05, 0.1) is 28.0 Å². The van der Waals surface area contributed by atoms with Gasteiger partial charge in [-0.1, -0.05) is 79.2 Å². The van der Waals surface area contributed by atoms with E-state index >= 15 is 0 Å². The van der Waals surface area contributed by atoms with E-state index in [-0.39, 0.29) is 25.0 Å². The van der Waals surface area contributed by atoms with Crippen LogP contribution in [0, 0.1) is 6.92 Å². The fourth-order valence-corrected chi connectivity index (χ4v) is 4.82. The van der Waals surface area contributed by atoms with Gasteiger partial charge in [-0.25, -0.2) is 9.98 Å². The minimum absolute atomic E-state index is 0. The topological polar surface area (TPSA) is 96.6 Å². The summed E-state index contributed by atoms with van der Waals surface area (Å²) in [5, 5.41) is 13.6. The number of hydrogen-bond acceptors (Lipinski definition) is 5. The summed E-state index contributed by atoms with van der Waals surface area (Å²) in [4.78, 5) is 33.1. The van der Waals surface area contributed by atoms with Gasteiger partial charge in [0.15, 0.2) is 0 Å². The van der Waals surface area contributed by atoms with Crippen molar-refractivity contribution in [3.63, 3.8) is 0 Å². The van der Waals surface area contributed by atoms with E-state index in [1.165, 1.54) is 0 Å². The molecule has 1 aliphatic heterocycles. The van der Waals surface area contributed by atoms with Crippen LogP contribution in [0.2, 0.25) is 5.02 Å². The van der Waals surface area contributed by atoms with Crippen molar-refractivity contribution in [3.8, 4) is 5.69 Å². The standard InChI is InChI=1S/C17H16N2O.C15H11ClN2O2.Zn/c1-3-13-8-4-7-11-16(13)19-12(2)18-15-10-6-5-9-14(15)17(19)20;16-10-6-7-12-11(8-10)13(9-4-2-1-3-5-9)18-15(20)14(19)17-12;/h4-11H,3H2,1-2H3;1-8,15,20H,(H,17,19);. The van der Waals surface area contributed by atoms with Gasteiger partial charge in [-0.3, -0.25) is 14.2 Å². The Morgan fingerprint density at radius 3 is 2.37 bits per heavy atom. The Morgan fingerprint density at radius 1 is 0.927 bits per heavy atom. The Balaban J connectivity index is 0.000000184. The molecule has 1 unspecified atom stereocenters. The number of nitrogens with one attached hydrogen (secondary N) is 1. The maximum Gasteiger partial charge on any atom is 0.276 e. The fourth-order valence-electron chi connectivity index (χ4n) is 4.65. The van der Waals surface area contributed by atoms with Crippen LogP contribution < -0.4 is 10.9 Å². The SMILES string of the molecule is CCc1ccccc1-n1c(C)nc2ccccc2c1=O.O=C1Nc2ccc(Cl)cc2C(c2ccccc2)=NC1O.[Zn]. The maximum atomic E-state index is 12.7. The zero-order valence-corrected chi connectivity index (χ0v) is 26.4. The number of benzene rings is 4. The number of hydrogen-bond donors (Lipinski definition) is 2. The second-order valence-electron chi connectivity index (χ2n) is 9.20. The molecular weight excluding hydrogens is 589 g/mol. The van der Waals surface area contributed by atoms with Gasteiger partial charge < -0.3 is 10.4 Å². The van der Waals surface area contributed by atoms with Crippen LogP contribution in [0.25, 0.3) is 16.6 Å². The van der Waals surface area contributed by atoms with E-state index in [9.17, 15) is 14.7 Å². The fraction of sp³-hybridized carbons (Fsp3) is 0.125. The van der Waals surface area contributed by atoms with E-state index in [0.717, 1.165) is 34.6 Å². The third-order valence-electron chi connectivity index (χ3n) is 6.58. The quantitative estimate of drug-likeness (QED) is 0.254. The van der Waals surface area contributed by atoms with Gasteiger partial charge >= 0.3 is 0 Å². The number of rotatable bonds is 3. The second kappa shape index (κ2) is 13.1. The molecule has 0 saturated heterocycles. The molecule has 0 bridgehead atoms. The number of fused-ring (bicyclic) bond motifs is 2. The molecule has 1 aromatic heterocycles. The number of anilines is 1. The monoisotopic (exact) mass is 614 g/mol. The molecule has 41 heavy (non-hydrogen) atoms. The van der Waals surface area contributed by atoms with Crippen LogP contribution >= 0.6 is 11.6 Å². The third kappa shape index (κ3) is 6.36. The van der Waals surface area contributed by atoms with Crippen molar-refractivity contribution in [2.45, 2.75) is 26.5 Å². The summed E-state index contributed by atoms with van der Waals surface area (Å²) >= 11 is 6.03. The number of carbonyl (C=O) groups excluding carboxylic acids is 1. The van der Waals surface area contributed by atoms with Crippen LogP contribution in [-0.4, -0.2) is 32.5 Å². The number of benzodiazepines with no additional fused rings is 1. The summed E-state index contributed by atoms with van der Waals surface area (Å²) in [7, 11) is 0. The Bertz CT molecular complexity index is 1800. The van der Waals surface area contributed by atoms with E-state index in [1.807, 2.05) is 79.7 Å². The predicted octanol–water partition coefficient (Wildman–Crippen LogP) is 5.70. The van der Waals surface area contributed by atoms with Crippen molar-refractivity contribution in [2.24, 2.45) is 4.99 Å². The molecule has 5 aromatic rings. The van der Waals surface area contributed by atoms with Crippen molar-refractivity contribution < 1.29 is 29.4 Å². The molecule has 2 N–H and O–H groups in total. The summed E-state index contributed by atoms with van der Waals surface area (Å²) < 4.78 is 1.71. The Labute approximate surface area is 255 Å². The van der Waals surface area contributed by atoms with Crippen LogP contribution in [0.4, 0.5) is 5.69 Å². The number of aromatic nitrogens is 2. The number of nitrogens with zero attached hydrogens (tertiary/aromatic N) is 3. The van der Waals surface area contributed by atoms with Crippen LogP contribution in [0.5, 0.6) is 0 Å². The summed E-state index contributed by atoms with van der Waals surface area (Å²) in [6.45, 7) is 3.97. The number of para-hydroxylation sites is 2. The molecule has 1 aliphatic rings. The number of aliphatic hydroxyl groups excluding tert-OH is 1. The van der Waals surface area contributed by atoms with Crippen LogP contribution in [-0.2, 0) is 30.7 Å². The number of aliphatic hydroxyl groups is 1. The van der Waals surface area contributed by atoms with Crippen molar-refractivity contribution in [2.75, 3.05) is 5.32 Å². The largest absolute Gasteiger partial charge is 0.364 e. The van der Waals surface area contributed by atoms with Crippen molar-refractivity contribution in [1.29, 1.82) is 0 Å². The molecule has 6 rings (SSSR count). The summed E-state index contributed by atoms with van der Waals surface area (Å²) in [6.07, 6.45) is -0.550. The molecule has 202 valence electrons. The van der Waals surface area contributed by atoms with Gasteiger partial charge in [-0.15, -0.1) is 0 Å². The number of halogens is 1. The zero-order valence-electron chi connectivity index (χ0n) is 22.7. The van der Waals surface area contributed by atoms with E-state index < -0.39 is 12.1 Å². The molecule has 0 aliphatic carbocycles. The molecule has 0 spiro atoms. The molecule has 0 saturated carbocycles. The van der Waals surface area contributed by atoms with Gasteiger partial charge in [0.1, 0.15) is 5.82 Å². The first-order valence-electron chi connectivity index (χ1n) is 12.9. The molecule has 7 nitrogen and oxygen atoms in total. The van der Waals surface area contributed by atoms with E-state index in [0.29, 0.717) is 27.4 Å². The van der Waals surface area contributed by atoms with E-state index in [1.54, 1.807) is 22.8 Å². The molecular formula is C32H27ClN4O3Zn. The van der Waals surface area contributed by atoms with Crippen LogP contribution in [0.3, 0.4) is 0 Å². The first kappa shape index (κ1) is 30.0. The Morgan fingerprint density at radius 2 is 1.61 bits per heavy atom. The summed E-state index contributed by atoms with van der Waals surface area (Å²) in [5.74, 6) is 0.161. The van der Waals surface area contributed by atoms with Gasteiger partial charge in [0, 0.05) is 35.6 Å². The second-order valence-corrected chi connectivity index (χ2v) is 9.63. The van der Waals surface area contributed by atoms with E-state index in [2.05, 4.69) is 28.3 Å². The van der Waals surface area contributed by atoms with Crippen LogP contribution in [0.1, 0.15) is 29.4 Å². The zero-order chi connectivity index (χ0) is 28.2. The van der Waals surface area contributed by atoms with Crippen LogP contribution in [0.15, 0.2) is 107 Å². The number of amides is 1. The number of carbonyl (C=O) groups is 1. The van der Waals surface area contributed by atoms with E-state index in [4.69, 9.17) is 11.6 Å². The average Bonchev–Trinajstić information content (AvgIpc) is 3.09. The summed E-state index contributed by atoms with van der Waals surface area (Å²) in [6, 6.07) is 29.9. The Hall–Kier alpha value is -3.97. The Kier molecular flexibility index (Phi) is 9.61. The first-order chi connectivity index (χ1) is 19.4. The molecule has 1 atom stereocenters. The number of aliphatic imine (C=N–C) groups is 1. The molecule has 0 radical (unpaired) electrons. The normalized spacial score (nSPS) is 14.0. The average molecular weight is 616 g/mol. The first-order valence-corrected chi connectivity index (χ1v) is 13.2. The van der Waals surface area contributed by atoms with Crippen molar-refractivity contribution in [1.82, 2.24) is 9.55 Å². The number of aryl methyl sites for hydroxylation is 2. The molecule has 9 heteroatoms. The predicted molar refractivity (Wildman–Crippen MR) is 160 cm³/mol. The molecule has 1 amide bonds. The minimum Gasteiger partial charge on any atom is -0.364 e. The van der Waals surface area contributed by atoms with Crippen molar-refractivity contribution in [3.05, 3.63) is 135 Å². The van der Waals surface area contributed by atoms with Crippen molar-refractivity contribution >= 4 is 39.8 Å². The van der Waals surface area contributed by atoms with Gasteiger partial charge in [0.25, 0.3) is 11.5 Å². The van der Waals surface area contributed by atoms with Gasteiger partial charge in [0.2, 0.25) is 6.23 Å². The summed E-state index contributed by atoms with van der Waals surface area (Å²) in [5.41, 5.74) is 5.44. The smallest absolute Gasteiger partial charge is 0.276 e. The van der Waals surface area contributed by atoms with Gasteiger partial charge in [-0.05, 0) is 55.3 Å². The molecule has 2 heterocycles.